The SMILES string of the molecule is CC.CC(CC(=O)O)c1ccc(OCc2ccc(C(C)(C)C)c(C(C)(C)C)c2)cc1.CC=C(C)C. The average Bonchev–Trinajstić information content (AvgIpc) is 2.78. The number of benzene rings is 2. The van der Waals surface area contributed by atoms with Crippen LogP contribution in [-0.4, -0.2) is 11.1 Å². The maximum atomic E-state index is 10.9. The van der Waals surface area contributed by atoms with Crippen LogP contribution in [0.5, 0.6) is 5.75 Å². The largest absolute Gasteiger partial charge is 0.489 e. The van der Waals surface area contributed by atoms with E-state index in [4.69, 9.17) is 9.84 Å². The second-order valence-electron chi connectivity index (χ2n) is 11.1. The van der Waals surface area contributed by atoms with Crippen molar-refractivity contribution in [3.05, 3.63) is 76.4 Å². The van der Waals surface area contributed by atoms with Gasteiger partial charge in [-0.25, -0.2) is 0 Å². The van der Waals surface area contributed by atoms with Crippen molar-refractivity contribution < 1.29 is 14.6 Å². The Kier molecular flexibility index (Phi) is 13.7. The van der Waals surface area contributed by atoms with Crippen LogP contribution in [0.2, 0.25) is 0 Å². The molecule has 0 amide bonds. The topological polar surface area (TPSA) is 46.5 Å². The van der Waals surface area contributed by atoms with E-state index in [0.29, 0.717) is 6.61 Å². The van der Waals surface area contributed by atoms with Crippen molar-refractivity contribution in [2.75, 3.05) is 0 Å². The lowest BCUT2D eigenvalue weighted by molar-refractivity contribution is -0.137. The van der Waals surface area contributed by atoms with Gasteiger partial charge >= 0.3 is 5.97 Å². The molecule has 0 aliphatic heterocycles. The molecule has 0 fully saturated rings. The molecular weight excluding hydrogens is 432 g/mol. The molecule has 0 saturated heterocycles. The first kappa shape index (κ1) is 32.5. The quantitative estimate of drug-likeness (QED) is 0.417. The van der Waals surface area contributed by atoms with Crippen molar-refractivity contribution in [2.24, 2.45) is 0 Å². The second kappa shape index (κ2) is 14.8. The number of carboxylic acids is 1. The second-order valence-corrected chi connectivity index (χ2v) is 11.1. The number of carbonyl (C=O) groups is 1. The van der Waals surface area contributed by atoms with Gasteiger partial charge in [0.15, 0.2) is 0 Å². The number of ether oxygens (including phenoxy) is 1. The van der Waals surface area contributed by atoms with E-state index in [9.17, 15) is 4.79 Å². The summed E-state index contributed by atoms with van der Waals surface area (Å²) < 4.78 is 5.98. The fourth-order valence-electron chi connectivity index (χ4n) is 3.39. The summed E-state index contributed by atoms with van der Waals surface area (Å²) in [6.07, 6.45) is 2.22. The molecule has 2 aromatic rings. The van der Waals surface area contributed by atoms with Gasteiger partial charge in [0.1, 0.15) is 12.4 Å². The molecule has 0 radical (unpaired) electrons. The molecule has 1 unspecified atom stereocenters. The van der Waals surface area contributed by atoms with E-state index in [1.54, 1.807) is 0 Å². The summed E-state index contributed by atoms with van der Waals surface area (Å²) in [6, 6.07) is 14.4. The van der Waals surface area contributed by atoms with E-state index in [1.165, 1.54) is 16.7 Å². The lowest BCUT2D eigenvalue weighted by Crippen LogP contribution is -2.22. The summed E-state index contributed by atoms with van der Waals surface area (Å²) >= 11 is 0. The van der Waals surface area contributed by atoms with Crippen LogP contribution in [-0.2, 0) is 22.2 Å². The van der Waals surface area contributed by atoms with Crippen molar-refractivity contribution >= 4 is 5.97 Å². The minimum atomic E-state index is -0.777. The van der Waals surface area contributed by atoms with Gasteiger partial charge in [-0.3, -0.25) is 4.79 Å². The van der Waals surface area contributed by atoms with Crippen LogP contribution >= 0.6 is 0 Å². The van der Waals surface area contributed by atoms with Gasteiger partial charge in [0.2, 0.25) is 0 Å². The first-order chi connectivity index (χ1) is 16.1. The number of carboxylic acid groups (broad SMARTS) is 1. The van der Waals surface area contributed by atoms with Crippen molar-refractivity contribution in [2.45, 2.75) is 113 Å². The van der Waals surface area contributed by atoms with Gasteiger partial charge in [0, 0.05) is 0 Å². The molecule has 196 valence electrons. The Hall–Kier alpha value is -2.55. The summed E-state index contributed by atoms with van der Waals surface area (Å²) in [4.78, 5) is 10.9. The van der Waals surface area contributed by atoms with Crippen molar-refractivity contribution in [1.29, 1.82) is 0 Å². The predicted molar refractivity (Wildman–Crippen MR) is 152 cm³/mol. The molecule has 2 rings (SSSR count). The molecule has 3 nitrogen and oxygen atoms in total. The van der Waals surface area contributed by atoms with E-state index in [2.05, 4.69) is 79.7 Å². The first-order valence-electron chi connectivity index (χ1n) is 12.8. The summed E-state index contributed by atoms with van der Waals surface area (Å²) in [7, 11) is 0. The zero-order valence-electron chi connectivity index (χ0n) is 24.4. The molecule has 0 spiro atoms. The van der Waals surface area contributed by atoms with Gasteiger partial charge in [-0.2, -0.15) is 0 Å². The summed E-state index contributed by atoms with van der Waals surface area (Å²) in [6.45, 7) is 26.1. The molecule has 2 aromatic carbocycles. The molecule has 0 heterocycles. The zero-order valence-corrected chi connectivity index (χ0v) is 24.4. The van der Waals surface area contributed by atoms with Crippen LogP contribution < -0.4 is 4.74 Å². The monoisotopic (exact) mass is 482 g/mol. The zero-order chi connectivity index (χ0) is 27.4. The number of hydrogen-bond donors (Lipinski definition) is 1. The minimum absolute atomic E-state index is 0.00848. The Labute approximate surface area is 215 Å². The third-order valence-corrected chi connectivity index (χ3v) is 5.61. The first-order valence-corrected chi connectivity index (χ1v) is 12.8. The molecule has 35 heavy (non-hydrogen) atoms. The van der Waals surface area contributed by atoms with E-state index < -0.39 is 5.97 Å². The highest BCUT2D eigenvalue weighted by atomic mass is 16.5. The molecule has 3 heteroatoms. The Morgan fingerprint density at radius 1 is 0.914 bits per heavy atom. The number of allylic oxidation sites excluding steroid dienone is 2. The summed E-state index contributed by atoms with van der Waals surface area (Å²) in [5.74, 6) is 0.00972. The molecule has 0 saturated carbocycles. The van der Waals surface area contributed by atoms with Gasteiger partial charge < -0.3 is 9.84 Å². The molecule has 0 aromatic heterocycles. The molecule has 0 aliphatic carbocycles. The molecule has 1 atom stereocenters. The average molecular weight is 483 g/mol. The highest BCUT2D eigenvalue weighted by Gasteiger charge is 2.25. The Bertz CT molecular complexity index is 919. The van der Waals surface area contributed by atoms with Crippen molar-refractivity contribution in [3.8, 4) is 5.75 Å². The minimum Gasteiger partial charge on any atom is -0.489 e. The molecule has 0 bridgehead atoms. The number of aliphatic carboxylic acids is 1. The maximum Gasteiger partial charge on any atom is 0.303 e. The predicted octanol–water partition coefficient (Wildman–Crippen LogP) is 9.44. The Morgan fingerprint density at radius 2 is 1.40 bits per heavy atom. The summed E-state index contributed by atoms with van der Waals surface area (Å²) in [5, 5.41) is 8.93. The lowest BCUT2D eigenvalue weighted by Gasteiger charge is -2.30. The molecule has 1 N–H and O–H groups in total. The fraction of sp³-hybridized carbons (Fsp3) is 0.531. The number of hydrogen-bond acceptors (Lipinski definition) is 2. The van der Waals surface area contributed by atoms with Crippen LogP contribution in [0, 0.1) is 0 Å². The van der Waals surface area contributed by atoms with E-state index in [1.807, 2.05) is 52.0 Å². The highest BCUT2D eigenvalue weighted by molar-refractivity contribution is 5.68. The fourth-order valence-corrected chi connectivity index (χ4v) is 3.39. The summed E-state index contributed by atoms with van der Waals surface area (Å²) in [5.41, 5.74) is 6.45. The van der Waals surface area contributed by atoms with Crippen molar-refractivity contribution in [3.63, 3.8) is 0 Å². The standard InChI is InChI=1S/C25H34O3.C5H10.C2H6/c1-17(14-23(26)27)19-9-11-20(12-10-19)28-16-18-8-13-21(24(2,3)4)22(15-18)25(5,6)7;1-4-5(2)3;1-2/h8-13,15,17H,14,16H2,1-7H3,(H,26,27);4H,1-3H3;1-2H3. The van der Waals surface area contributed by atoms with E-state index in [-0.39, 0.29) is 23.2 Å². The number of rotatable bonds is 6. The molecule has 0 aliphatic rings. The van der Waals surface area contributed by atoms with Crippen LogP contribution in [0.25, 0.3) is 0 Å². The van der Waals surface area contributed by atoms with Gasteiger partial charge in [-0.1, -0.05) is 104 Å². The highest BCUT2D eigenvalue weighted by Crippen LogP contribution is 2.34. The Balaban J connectivity index is 0.00000146. The lowest BCUT2D eigenvalue weighted by atomic mass is 9.75. The maximum absolute atomic E-state index is 10.9. The van der Waals surface area contributed by atoms with Crippen LogP contribution in [0.1, 0.15) is 118 Å². The molecular formula is C32H50O3. The van der Waals surface area contributed by atoms with Crippen molar-refractivity contribution in [1.82, 2.24) is 0 Å². The van der Waals surface area contributed by atoms with Gasteiger partial charge in [0.25, 0.3) is 0 Å². The van der Waals surface area contributed by atoms with Gasteiger partial charge in [-0.05, 0) is 71.9 Å². The smallest absolute Gasteiger partial charge is 0.303 e. The third-order valence-electron chi connectivity index (χ3n) is 5.61. The Morgan fingerprint density at radius 3 is 1.80 bits per heavy atom. The van der Waals surface area contributed by atoms with E-state index >= 15 is 0 Å². The third kappa shape index (κ3) is 12.1. The van der Waals surface area contributed by atoms with Gasteiger partial charge in [-0.15, -0.1) is 0 Å². The van der Waals surface area contributed by atoms with Crippen LogP contribution in [0.3, 0.4) is 0 Å². The van der Waals surface area contributed by atoms with Crippen LogP contribution in [0.15, 0.2) is 54.1 Å². The van der Waals surface area contributed by atoms with Crippen LogP contribution in [0.4, 0.5) is 0 Å². The normalized spacial score (nSPS) is 11.8. The van der Waals surface area contributed by atoms with Gasteiger partial charge in [0.05, 0.1) is 6.42 Å². The van der Waals surface area contributed by atoms with E-state index in [0.717, 1.165) is 16.9 Å².